The predicted octanol–water partition coefficient (Wildman–Crippen LogP) is 0.299. The number of guanidine groups is 1. The van der Waals surface area contributed by atoms with E-state index in [0.717, 1.165) is 64.7 Å². The zero-order valence-corrected chi connectivity index (χ0v) is 13.2. The lowest BCUT2D eigenvalue weighted by Crippen LogP contribution is -2.41. The van der Waals surface area contributed by atoms with Crippen molar-refractivity contribution in [1.82, 2.24) is 15.5 Å². The summed E-state index contributed by atoms with van der Waals surface area (Å²) >= 11 is 0. The Labute approximate surface area is 122 Å². The molecule has 0 saturated carbocycles. The third-order valence-electron chi connectivity index (χ3n) is 3.28. The molecule has 1 saturated heterocycles. The summed E-state index contributed by atoms with van der Waals surface area (Å²) in [6.07, 6.45) is 2.59. The van der Waals surface area contributed by atoms with E-state index in [1.165, 1.54) is 0 Å². The maximum Gasteiger partial charge on any atom is 0.191 e. The van der Waals surface area contributed by atoms with E-state index in [0.29, 0.717) is 6.10 Å². The molecular formula is C14H30N4O2. The molecule has 1 heterocycles. The highest BCUT2D eigenvalue weighted by Gasteiger charge is 2.14. The number of aliphatic imine (C=N–C) groups is 1. The van der Waals surface area contributed by atoms with Gasteiger partial charge in [0.2, 0.25) is 0 Å². The average molecular weight is 286 g/mol. The minimum Gasteiger partial charge on any atom is -0.383 e. The number of ether oxygens (including phenoxy) is 2. The molecule has 1 fully saturated rings. The summed E-state index contributed by atoms with van der Waals surface area (Å²) in [6.45, 7) is 8.13. The second kappa shape index (κ2) is 10.9. The van der Waals surface area contributed by atoms with Crippen molar-refractivity contribution in [2.24, 2.45) is 4.99 Å². The number of hydrogen-bond donors (Lipinski definition) is 2. The molecule has 1 aliphatic rings. The number of nitrogens with one attached hydrogen (secondary N) is 2. The predicted molar refractivity (Wildman–Crippen MR) is 82.3 cm³/mol. The number of likely N-dealkylation sites (N-methyl/N-ethyl adjacent to an activating group) is 1. The molecule has 118 valence electrons. The summed E-state index contributed by atoms with van der Waals surface area (Å²) in [5.74, 6) is 0.878. The second-order valence-corrected chi connectivity index (χ2v) is 5.08. The Bertz CT molecular complexity index is 268. The Hall–Kier alpha value is -0.850. The molecule has 0 aromatic rings. The lowest BCUT2D eigenvalue weighted by atomic mass is 10.2. The van der Waals surface area contributed by atoms with Crippen molar-refractivity contribution in [3.8, 4) is 0 Å². The topological polar surface area (TPSA) is 58.1 Å². The molecule has 2 N–H and O–H groups in total. The van der Waals surface area contributed by atoms with Crippen LogP contribution in [0.4, 0.5) is 0 Å². The first-order valence-electron chi connectivity index (χ1n) is 7.57. The van der Waals surface area contributed by atoms with Crippen molar-refractivity contribution >= 4 is 5.96 Å². The number of nitrogens with zero attached hydrogens (tertiary/aromatic N) is 2. The summed E-state index contributed by atoms with van der Waals surface area (Å²) in [5, 5.41) is 6.62. The molecule has 6 heteroatoms. The lowest BCUT2D eigenvalue weighted by molar-refractivity contribution is 0.117. The molecule has 6 nitrogen and oxygen atoms in total. The quantitative estimate of drug-likeness (QED) is 0.471. The van der Waals surface area contributed by atoms with Crippen LogP contribution in [0, 0.1) is 0 Å². The van der Waals surface area contributed by atoms with Gasteiger partial charge in [-0.25, -0.2) is 0 Å². The Balaban J connectivity index is 2.21. The number of rotatable bonds is 9. The van der Waals surface area contributed by atoms with Gasteiger partial charge >= 0.3 is 0 Å². The van der Waals surface area contributed by atoms with E-state index in [2.05, 4.69) is 34.5 Å². The van der Waals surface area contributed by atoms with Crippen LogP contribution in [0.3, 0.4) is 0 Å². The molecule has 1 aliphatic heterocycles. The smallest absolute Gasteiger partial charge is 0.191 e. The summed E-state index contributed by atoms with van der Waals surface area (Å²) < 4.78 is 10.6. The standard InChI is InChI=1S/C14H30N4O2/c1-4-15-14(17-12-13-6-5-10-20-13)16-7-8-18(2)9-11-19-3/h13H,4-12H2,1-3H3,(H2,15,16,17). The fourth-order valence-electron chi connectivity index (χ4n) is 2.05. The van der Waals surface area contributed by atoms with Gasteiger partial charge in [-0.05, 0) is 26.8 Å². The summed E-state index contributed by atoms with van der Waals surface area (Å²) in [6, 6.07) is 0. The van der Waals surface area contributed by atoms with Crippen LogP contribution in [0.1, 0.15) is 19.8 Å². The second-order valence-electron chi connectivity index (χ2n) is 5.08. The zero-order valence-electron chi connectivity index (χ0n) is 13.2. The van der Waals surface area contributed by atoms with Gasteiger partial charge < -0.3 is 25.0 Å². The zero-order chi connectivity index (χ0) is 14.6. The first-order chi connectivity index (χ1) is 9.76. The van der Waals surface area contributed by atoms with Gasteiger partial charge in [0.1, 0.15) is 0 Å². The fraction of sp³-hybridized carbons (Fsp3) is 0.929. The van der Waals surface area contributed by atoms with E-state index in [1.54, 1.807) is 7.11 Å². The maximum atomic E-state index is 5.58. The van der Waals surface area contributed by atoms with Crippen LogP contribution in [0.15, 0.2) is 4.99 Å². The van der Waals surface area contributed by atoms with E-state index in [-0.39, 0.29) is 0 Å². The van der Waals surface area contributed by atoms with Gasteiger partial charge in [0, 0.05) is 39.9 Å². The summed E-state index contributed by atoms with van der Waals surface area (Å²) in [7, 11) is 3.82. The number of hydrogen-bond acceptors (Lipinski definition) is 4. The van der Waals surface area contributed by atoms with E-state index >= 15 is 0 Å². The molecule has 0 aromatic heterocycles. The molecule has 0 aliphatic carbocycles. The molecule has 0 radical (unpaired) electrons. The largest absolute Gasteiger partial charge is 0.383 e. The summed E-state index contributed by atoms with van der Waals surface area (Å²) in [5.41, 5.74) is 0. The molecule has 0 spiro atoms. The van der Waals surface area contributed by atoms with E-state index in [4.69, 9.17) is 9.47 Å². The SMILES string of the molecule is CCNC(=NCC1CCCO1)NCCN(C)CCOC. The monoisotopic (exact) mass is 286 g/mol. The fourth-order valence-corrected chi connectivity index (χ4v) is 2.05. The molecule has 0 aromatic carbocycles. The highest BCUT2D eigenvalue weighted by molar-refractivity contribution is 5.79. The highest BCUT2D eigenvalue weighted by atomic mass is 16.5. The first-order valence-corrected chi connectivity index (χ1v) is 7.57. The van der Waals surface area contributed by atoms with Crippen molar-refractivity contribution in [2.45, 2.75) is 25.9 Å². The van der Waals surface area contributed by atoms with Crippen molar-refractivity contribution in [1.29, 1.82) is 0 Å². The van der Waals surface area contributed by atoms with Crippen LogP contribution in [0.25, 0.3) is 0 Å². The minimum atomic E-state index is 0.301. The van der Waals surface area contributed by atoms with Crippen LogP contribution in [0.5, 0.6) is 0 Å². The third kappa shape index (κ3) is 7.67. The third-order valence-corrected chi connectivity index (χ3v) is 3.28. The summed E-state index contributed by atoms with van der Waals surface area (Å²) in [4.78, 5) is 6.82. The molecular weight excluding hydrogens is 256 g/mol. The average Bonchev–Trinajstić information content (AvgIpc) is 2.95. The van der Waals surface area contributed by atoms with Crippen LogP contribution in [-0.2, 0) is 9.47 Å². The molecule has 1 unspecified atom stereocenters. The van der Waals surface area contributed by atoms with Crippen LogP contribution in [-0.4, -0.2) is 77.1 Å². The Kier molecular flexibility index (Phi) is 9.36. The van der Waals surface area contributed by atoms with Gasteiger partial charge in [-0.3, -0.25) is 4.99 Å². The van der Waals surface area contributed by atoms with Crippen molar-refractivity contribution in [2.75, 3.05) is 60.1 Å². The van der Waals surface area contributed by atoms with Crippen LogP contribution in [0.2, 0.25) is 0 Å². The molecule has 1 rings (SSSR count). The van der Waals surface area contributed by atoms with Crippen molar-refractivity contribution < 1.29 is 9.47 Å². The van der Waals surface area contributed by atoms with Gasteiger partial charge in [-0.15, -0.1) is 0 Å². The van der Waals surface area contributed by atoms with Gasteiger partial charge in [-0.1, -0.05) is 0 Å². The van der Waals surface area contributed by atoms with E-state index < -0.39 is 0 Å². The molecule has 20 heavy (non-hydrogen) atoms. The minimum absolute atomic E-state index is 0.301. The van der Waals surface area contributed by atoms with Gasteiger partial charge in [-0.2, -0.15) is 0 Å². The van der Waals surface area contributed by atoms with Gasteiger partial charge in [0.05, 0.1) is 19.3 Å². The van der Waals surface area contributed by atoms with Crippen molar-refractivity contribution in [3.05, 3.63) is 0 Å². The van der Waals surface area contributed by atoms with Crippen LogP contribution < -0.4 is 10.6 Å². The normalized spacial score (nSPS) is 19.6. The van der Waals surface area contributed by atoms with Gasteiger partial charge in [0.15, 0.2) is 5.96 Å². The first kappa shape index (κ1) is 17.2. The lowest BCUT2D eigenvalue weighted by Gasteiger charge is -2.18. The number of methoxy groups -OCH3 is 1. The Morgan fingerprint density at radius 1 is 1.40 bits per heavy atom. The van der Waals surface area contributed by atoms with Crippen molar-refractivity contribution in [3.63, 3.8) is 0 Å². The molecule has 0 bridgehead atoms. The van der Waals surface area contributed by atoms with Crippen LogP contribution >= 0.6 is 0 Å². The van der Waals surface area contributed by atoms with E-state index in [9.17, 15) is 0 Å². The van der Waals surface area contributed by atoms with Gasteiger partial charge in [0.25, 0.3) is 0 Å². The molecule has 1 atom stereocenters. The Morgan fingerprint density at radius 3 is 2.90 bits per heavy atom. The Morgan fingerprint density at radius 2 is 2.25 bits per heavy atom. The highest BCUT2D eigenvalue weighted by Crippen LogP contribution is 2.11. The van der Waals surface area contributed by atoms with E-state index in [1.807, 2.05) is 0 Å². The molecule has 0 amide bonds. The maximum absolute atomic E-state index is 5.58.